The van der Waals surface area contributed by atoms with Gasteiger partial charge in [0.25, 0.3) is 0 Å². The lowest BCUT2D eigenvalue weighted by atomic mass is 9.54. The van der Waals surface area contributed by atoms with E-state index >= 15 is 0 Å². The van der Waals surface area contributed by atoms with Gasteiger partial charge in [-0.2, -0.15) is 4.91 Å². The standard InChI is InChI=1S/C11H17NO3/c1-15-9(13)11-5-2-10(3-6-11,4-7-11)8-12-14/h2-8H2,1H3. The molecule has 0 radical (unpaired) electrons. The second-order valence-electron chi connectivity index (χ2n) is 5.06. The number of rotatable bonds is 3. The van der Waals surface area contributed by atoms with E-state index in [-0.39, 0.29) is 16.8 Å². The van der Waals surface area contributed by atoms with Gasteiger partial charge in [-0.05, 0) is 43.9 Å². The second-order valence-corrected chi connectivity index (χ2v) is 5.06. The normalized spacial score (nSPS) is 38.7. The number of nitroso groups, excluding NO2 is 1. The van der Waals surface area contributed by atoms with Gasteiger partial charge in [-0.15, -0.1) is 0 Å². The Morgan fingerprint density at radius 3 is 2.13 bits per heavy atom. The van der Waals surface area contributed by atoms with Crippen LogP contribution in [-0.2, 0) is 9.53 Å². The first-order chi connectivity index (χ1) is 7.16. The molecular formula is C11H17NO3. The Labute approximate surface area is 89.3 Å². The number of methoxy groups -OCH3 is 1. The van der Waals surface area contributed by atoms with Crippen molar-refractivity contribution in [2.45, 2.75) is 38.5 Å². The predicted molar refractivity (Wildman–Crippen MR) is 55.2 cm³/mol. The second kappa shape index (κ2) is 3.58. The van der Waals surface area contributed by atoms with Crippen molar-refractivity contribution in [2.24, 2.45) is 16.0 Å². The summed E-state index contributed by atoms with van der Waals surface area (Å²) in [7, 11) is 1.46. The zero-order chi connectivity index (χ0) is 10.9. The molecule has 2 bridgehead atoms. The van der Waals surface area contributed by atoms with E-state index < -0.39 is 0 Å². The van der Waals surface area contributed by atoms with E-state index in [0.717, 1.165) is 38.5 Å². The molecule has 0 atom stereocenters. The van der Waals surface area contributed by atoms with Crippen LogP contribution in [0.25, 0.3) is 0 Å². The number of esters is 1. The highest BCUT2D eigenvalue weighted by atomic mass is 16.5. The molecule has 4 heteroatoms. The Morgan fingerprint density at radius 2 is 1.73 bits per heavy atom. The fourth-order valence-corrected chi connectivity index (χ4v) is 3.16. The number of hydrogen-bond donors (Lipinski definition) is 0. The molecule has 15 heavy (non-hydrogen) atoms. The van der Waals surface area contributed by atoms with Gasteiger partial charge in [-0.3, -0.25) is 4.79 Å². The third kappa shape index (κ3) is 1.56. The SMILES string of the molecule is COC(=O)C12CCC(CN=O)(CC1)CC2. The molecule has 3 rings (SSSR count). The fraction of sp³-hybridized carbons (Fsp3) is 0.909. The van der Waals surface area contributed by atoms with Gasteiger partial charge < -0.3 is 4.74 Å². The van der Waals surface area contributed by atoms with Gasteiger partial charge >= 0.3 is 5.97 Å². The summed E-state index contributed by atoms with van der Waals surface area (Å²) in [6, 6.07) is 0. The number of fused-ring (bicyclic) bond motifs is 3. The number of hydrogen-bond acceptors (Lipinski definition) is 4. The number of nitrogens with zero attached hydrogens (tertiary/aromatic N) is 1. The molecule has 0 spiro atoms. The van der Waals surface area contributed by atoms with E-state index in [4.69, 9.17) is 4.74 Å². The minimum atomic E-state index is -0.237. The lowest BCUT2D eigenvalue weighted by Crippen LogP contribution is -2.47. The maximum Gasteiger partial charge on any atom is 0.311 e. The van der Waals surface area contributed by atoms with E-state index in [2.05, 4.69) is 5.18 Å². The number of carbonyl (C=O) groups is 1. The van der Waals surface area contributed by atoms with Crippen molar-refractivity contribution in [3.05, 3.63) is 4.91 Å². The van der Waals surface area contributed by atoms with E-state index in [0.29, 0.717) is 6.54 Å². The molecule has 0 saturated heterocycles. The van der Waals surface area contributed by atoms with Crippen LogP contribution < -0.4 is 0 Å². The van der Waals surface area contributed by atoms with Crippen molar-refractivity contribution in [3.8, 4) is 0 Å². The van der Waals surface area contributed by atoms with Crippen molar-refractivity contribution >= 4 is 5.97 Å². The molecule has 84 valence electrons. The van der Waals surface area contributed by atoms with Gasteiger partial charge in [0, 0.05) is 0 Å². The Bertz CT molecular complexity index is 263. The van der Waals surface area contributed by atoms with Gasteiger partial charge in [-0.1, -0.05) is 5.18 Å². The Balaban J connectivity index is 2.10. The van der Waals surface area contributed by atoms with Crippen molar-refractivity contribution < 1.29 is 9.53 Å². The van der Waals surface area contributed by atoms with Crippen LogP contribution in [0.15, 0.2) is 5.18 Å². The maximum atomic E-state index is 11.7. The lowest BCUT2D eigenvalue weighted by molar-refractivity contribution is -0.162. The van der Waals surface area contributed by atoms with Gasteiger partial charge in [-0.25, -0.2) is 0 Å². The van der Waals surface area contributed by atoms with Crippen LogP contribution >= 0.6 is 0 Å². The van der Waals surface area contributed by atoms with E-state index in [9.17, 15) is 9.70 Å². The predicted octanol–water partition coefficient (Wildman–Crippen LogP) is 2.27. The number of carbonyl (C=O) groups excluding carboxylic acids is 1. The maximum absolute atomic E-state index is 11.7. The Kier molecular flexibility index (Phi) is 2.52. The van der Waals surface area contributed by atoms with Gasteiger partial charge in [0.15, 0.2) is 0 Å². The number of ether oxygens (including phenoxy) is 1. The zero-order valence-corrected chi connectivity index (χ0v) is 9.12. The highest BCUT2D eigenvalue weighted by Gasteiger charge is 2.53. The minimum absolute atomic E-state index is 0.0603. The van der Waals surface area contributed by atoms with E-state index in [1.54, 1.807) is 0 Å². The quantitative estimate of drug-likeness (QED) is 0.531. The monoisotopic (exact) mass is 211 g/mol. The van der Waals surface area contributed by atoms with Crippen LogP contribution in [0.3, 0.4) is 0 Å². The summed E-state index contributed by atoms with van der Waals surface area (Å²) < 4.78 is 4.88. The van der Waals surface area contributed by atoms with Crippen LogP contribution in [0.4, 0.5) is 0 Å². The van der Waals surface area contributed by atoms with Crippen LogP contribution in [0, 0.1) is 15.7 Å². The summed E-state index contributed by atoms with van der Waals surface area (Å²) in [5, 5.41) is 3.05. The van der Waals surface area contributed by atoms with Crippen molar-refractivity contribution in [1.82, 2.24) is 0 Å². The zero-order valence-electron chi connectivity index (χ0n) is 9.12. The Hall–Kier alpha value is -0.930. The van der Waals surface area contributed by atoms with Crippen molar-refractivity contribution in [1.29, 1.82) is 0 Å². The van der Waals surface area contributed by atoms with Gasteiger partial charge in [0.2, 0.25) is 0 Å². The third-order valence-corrected chi connectivity index (χ3v) is 4.42. The van der Waals surface area contributed by atoms with Crippen molar-refractivity contribution in [2.75, 3.05) is 13.7 Å². The molecule has 4 nitrogen and oxygen atoms in total. The van der Waals surface area contributed by atoms with Gasteiger partial charge in [0.1, 0.15) is 0 Å². The first-order valence-electron chi connectivity index (χ1n) is 5.54. The van der Waals surface area contributed by atoms with Gasteiger partial charge in [0.05, 0.1) is 19.1 Å². The average molecular weight is 211 g/mol. The summed E-state index contributed by atoms with van der Waals surface area (Å²) in [5.41, 5.74) is -0.128. The topological polar surface area (TPSA) is 55.7 Å². The lowest BCUT2D eigenvalue weighted by Gasteiger charge is -2.50. The molecule has 0 aliphatic heterocycles. The molecular weight excluding hydrogens is 194 g/mol. The molecule has 3 aliphatic rings. The fourth-order valence-electron chi connectivity index (χ4n) is 3.16. The molecule has 3 aliphatic carbocycles. The largest absolute Gasteiger partial charge is 0.469 e. The smallest absolute Gasteiger partial charge is 0.311 e. The van der Waals surface area contributed by atoms with Crippen molar-refractivity contribution in [3.63, 3.8) is 0 Å². The summed E-state index contributed by atoms with van der Waals surface area (Å²) in [4.78, 5) is 22.1. The Morgan fingerprint density at radius 1 is 1.20 bits per heavy atom. The highest BCUT2D eigenvalue weighted by molar-refractivity contribution is 5.77. The minimum Gasteiger partial charge on any atom is -0.469 e. The summed E-state index contributed by atoms with van der Waals surface area (Å²) >= 11 is 0. The van der Waals surface area contributed by atoms with Crippen LogP contribution in [-0.4, -0.2) is 19.6 Å². The first-order valence-corrected chi connectivity index (χ1v) is 5.54. The summed E-state index contributed by atoms with van der Waals surface area (Å²) in [6.45, 7) is 0.421. The molecule has 0 N–H and O–H groups in total. The first kappa shape index (κ1) is 10.6. The van der Waals surface area contributed by atoms with Crippen LogP contribution in [0.2, 0.25) is 0 Å². The van der Waals surface area contributed by atoms with Crippen LogP contribution in [0.1, 0.15) is 38.5 Å². The molecule has 0 aromatic rings. The molecule has 0 heterocycles. The molecule has 0 aromatic heterocycles. The molecule has 0 unspecified atom stereocenters. The summed E-state index contributed by atoms with van der Waals surface area (Å²) in [5.74, 6) is -0.0603. The van der Waals surface area contributed by atoms with E-state index in [1.165, 1.54) is 7.11 Å². The molecule has 0 aromatic carbocycles. The highest BCUT2D eigenvalue weighted by Crippen LogP contribution is 2.57. The summed E-state index contributed by atoms with van der Waals surface area (Å²) in [6.07, 6.45) is 5.47. The molecule has 3 fully saturated rings. The van der Waals surface area contributed by atoms with E-state index in [1.807, 2.05) is 0 Å². The molecule has 0 amide bonds. The average Bonchev–Trinajstić information content (AvgIpc) is 2.30. The van der Waals surface area contributed by atoms with Crippen LogP contribution in [0.5, 0.6) is 0 Å². The molecule has 3 saturated carbocycles. The third-order valence-electron chi connectivity index (χ3n) is 4.42.